The van der Waals surface area contributed by atoms with Crippen molar-refractivity contribution in [1.29, 1.82) is 0 Å². The molecule has 0 radical (unpaired) electrons. The molecule has 0 unspecified atom stereocenters. The molecule has 1 heterocycles. The van der Waals surface area contributed by atoms with Gasteiger partial charge in [-0.2, -0.15) is 0 Å². The molecule has 1 aliphatic rings. The third kappa shape index (κ3) is 3.90. The minimum atomic E-state index is -0.600. The van der Waals surface area contributed by atoms with Crippen molar-refractivity contribution in [2.75, 3.05) is 36.4 Å². The molecule has 0 atom stereocenters. The Kier molecular flexibility index (Phi) is 5.61. The fourth-order valence-corrected chi connectivity index (χ4v) is 3.49. The Morgan fingerprint density at radius 3 is 2.35 bits per heavy atom. The number of hydrogen-bond acceptors (Lipinski definition) is 3. The second-order valence-corrected chi connectivity index (χ2v) is 7.29. The van der Waals surface area contributed by atoms with Crippen molar-refractivity contribution in [1.82, 2.24) is 4.90 Å². The lowest BCUT2D eigenvalue weighted by Crippen LogP contribution is -2.51. The molecule has 136 valence electrons. The molecule has 5 nitrogen and oxygen atoms in total. The van der Waals surface area contributed by atoms with E-state index in [2.05, 4.69) is 58.2 Å². The molecule has 0 bridgehead atoms. The summed E-state index contributed by atoms with van der Waals surface area (Å²) in [5, 5.41) is 2.68. The molecule has 2 aromatic rings. The van der Waals surface area contributed by atoms with Crippen molar-refractivity contribution in [3.63, 3.8) is 0 Å². The molecule has 1 fully saturated rings. The van der Waals surface area contributed by atoms with E-state index < -0.39 is 11.8 Å². The van der Waals surface area contributed by atoms with Crippen molar-refractivity contribution in [2.24, 2.45) is 0 Å². The summed E-state index contributed by atoms with van der Waals surface area (Å²) >= 11 is 3.37. The highest BCUT2D eigenvalue weighted by Gasteiger charge is 2.27. The predicted octanol–water partition coefficient (Wildman–Crippen LogP) is 3.35. The zero-order chi connectivity index (χ0) is 18.7. The number of anilines is 2. The van der Waals surface area contributed by atoms with Gasteiger partial charge < -0.3 is 15.1 Å². The second-order valence-electron chi connectivity index (χ2n) is 6.43. The van der Waals surface area contributed by atoms with Gasteiger partial charge in [0, 0.05) is 36.3 Å². The summed E-state index contributed by atoms with van der Waals surface area (Å²) in [5.41, 5.74) is 4.32. The molecule has 1 saturated heterocycles. The summed E-state index contributed by atoms with van der Waals surface area (Å²) in [6.45, 7) is 6.74. The SMILES string of the molecule is Cc1cccc(N2CCN(C(=O)C(=O)Nc3ccccc3Br)CC2)c1C. The number of nitrogens with zero attached hydrogens (tertiary/aromatic N) is 2. The number of piperazine rings is 1. The first kappa shape index (κ1) is 18.5. The molecule has 0 aromatic heterocycles. The molecule has 1 aliphatic heterocycles. The van der Waals surface area contributed by atoms with Gasteiger partial charge in [0.2, 0.25) is 0 Å². The van der Waals surface area contributed by atoms with Crippen LogP contribution in [0.15, 0.2) is 46.9 Å². The highest BCUT2D eigenvalue weighted by Crippen LogP contribution is 2.24. The van der Waals surface area contributed by atoms with Gasteiger partial charge in [-0.05, 0) is 59.1 Å². The molecule has 0 aliphatic carbocycles. The normalized spacial score (nSPS) is 14.3. The summed E-state index contributed by atoms with van der Waals surface area (Å²) in [4.78, 5) is 28.6. The number of aryl methyl sites for hydroxylation is 1. The topological polar surface area (TPSA) is 52.7 Å². The number of carbonyl (C=O) groups excluding carboxylic acids is 2. The van der Waals surface area contributed by atoms with Gasteiger partial charge in [0.15, 0.2) is 0 Å². The third-order valence-corrected chi connectivity index (χ3v) is 5.49. The van der Waals surface area contributed by atoms with Crippen molar-refractivity contribution in [2.45, 2.75) is 13.8 Å². The van der Waals surface area contributed by atoms with E-state index in [0.29, 0.717) is 18.8 Å². The minimum absolute atomic E-state index is 0.485. The zero-order valence-electron chi connectivity index (χ0n) is 15.0. The lowest BCUT2D eigenvalue weighted by molar-refractivity contribution is -0.143. The lowest BCUT2D eigenvalue weighted by Gasteiger charge is -2.36. The summed E-state index contributed by atoms with van der Waals surface area (Å²) in [7, 11) is 0. The first-order valence-electron chi connectivity index (χ1n) is 8.63. The summed E-state index contributed by atoms with van der Waals surface area (Å²) in [6.07, 6.45) is 0. The molecule has 1 N–H and O–H groups in total. The number of amides is 2. The van der Waals surface area contributed by atoms with Crippen molar-refractivity contribution < 1.29 is 9.59 Å². The Morgan fingerprint density at radius 1 is 0.962 bits per heavy atom. The molecule has 3 rings (SSSR count). The minimum Gasteiger partial charge on any atom is -0.368 e. The first-order chi connectivity index (χ1) is 12.5. The Hall–Kier alpha value is -2.34. The van der Waals surface area contributed by atoms with E-state index in [0.717, 1.165) is 17.6 Å². The number of nitrogens with one attached hydrogen (secondary N) is 1. The van der Waals surface area contributed by atoms with Crippen LogP contribution in [0.5, 0.6) is 0 Å². The van der Waals surface area contributed by atoms with Crippen molar-refractivity contribution in [3.8, 4) is 0 Å². The van der Waals surface area contributed by atoms with E-state index in [1.165, 1.54) is 16.8 Å². The van der Waals surface area contributed by atoms with Crippen molar-refractivity contribution >= 4 is 39.1 Å². The standard InChI is InChI=1S/C20H22BrN3O2/c1-14-6-5-9-18(15(14)2)23-10-12-24(13-11-23)20(26)19(25)22-17-8-4-3-7-16(17)21/h3-9H,10-13H2,1-2H3,(H,22,25). The third-order valence-electron chi connectivity index (χ3n) is 4.80. The Morgan fingerprint density at radius 2 is 1.65 bits per heavy atom. The summed E-state index contributed by atoms with van der Waals surface area (Å²) in [6, 6.07) is 13.5. The highest BCUT2D eigenvalue weighted by atomic mass is 79.9. The van der Waals surface area contributed by atoms with E-state index >= 15 is 0 Å². The Bertz CT molecular complexity index is 830. The molecule has 2 amide bonds. The number of carbonyl (C=O) groups is 2. The van der Waals surface area contributed by atoms with Crippen LogP contribution in [-0.4, -0.2) is 42.9 Å². The van der Waals surface area contributed by atoms with Crippen LogP contribution in [0.4, 0.5) is 11.4 Å². The average Bonchev–Trinajstić information content (AvgIpc) is 2.65. The number of para-hydroxylation sites is 1. The van der Waals surface area contributed by atoms with Crippen LogP contribution in [-0.2, 0) is 9.59 Å². The van der Waals surface area contributed by atoms with Gasteiger partial charge in [-0.1, -0.05) is 24.3 Å². The van der Waals surface area contributed by atoms with Crippen molar-refractivity contribution in [3.05, 3.63) is 58.1 Å². The second kappa shape index (κ2) is 7.91. The average molecular weight is 416 g/mol. The van der Waals surface area contributed by atoms with Gasteiger partial charge in [0.1, 0.15) is 0 Å². The molecular weight excluding hydrogens is 394 g/mol. The van der Waals surface area contributed by atoms with Crippen LogP contribution < -0.4 is 10.2 Å². The smallest absolute Gasteiger partial charge is 0.313 e. The molecule has 0 saturated carbocycles. The number of halogens is 1. The van der Waals surface area contributed by atoms with E-state index in [4.69, 9.17) is 0 Å². The molecular formula is C20H22BrN3O2. The van der Waals surface area contributed by atoms with Crippen LogP contribution in [0.3, 0.4) is 0 Å². The Labute approximate surface area is 162 Å². The largest absolute Gasteiger partial charge is 0.368 e. The monoisotopic (exact) mass is 415 g/mol. The number of hydrogen-bond donors (Lipinski definition) is 1. The highest BCUT2D eigenvalue weighted by molar-refractivity contribution is 9.10. The van der Waals surface area contributed by atoms with Gasteiger partial charge in [-0.25, -0.2) is 0 Å². The summed E-state index contributed by atoms with van der Waals surface area (Å²) in [5.74, 6) is -1.08. The van der Waals surface area contributed by atoms with Crippen LogP contribution in [0.2, 0.25) is 0 Å². The van der Waals surface area contributed by atoms with E-state index in [9.17, 15) is 9.59 Å². The van der Waals surface area contributed by atoms with Gasteiger partial charge in [0.25, 0.3) is 0 Å². The van der Waals surface area contributed by atoms with E-state index in [-0.39, 0.29) is 0 Å². The van der Waals surface area contributed by atoms with E-state index in [1.54, 1.807) is 11.0 Å². The maximum Gasteiger partial charge on any atom is 0.313 e. The fourth-order valence-electron chi connectivity index (χ4n) is 3.11. The molecule has 26 heavy (non-hydrogen) atoms. The van der Waals surface area contributed by atoms with Gasteiger partial charge in [0.05, 0.1) is 5.69 Å². The van der Waals surface area contributed by atoms with E-state index in [1.807, 2.05) is 18.2 Å². The van der Waals surface area contributed by atoms with Gasteiger partial charge in [-0.15, -0.1) is 0 Å². The lowest BCUT2D eigenvalue weighted by atomic mass is 10.1. The maximum atomic E-state index is 12.5. The number of benzene rings is 2. The maximum absolute atomic E-state index is 12.5. The van der Waals surface area contributed by atoms with Crippen LogP contribution in [0.25, 0.3) is 0 Å². The van der Waals surface area contributed by atoms with Crippen LogP contribution in [0, 0.1) is 13.8 Å². The zero-order valence-corrected chi connectivity index (χ0v) is 16.5. The predicted molar refractivity (Wildman–Crippen MR) is 107 cm³/mol. The molecule has 2 aromatic carbocycles. The fraction of sp³-hybridized carbons (Fsp3) is 0.300. The summed E-state index contributed by atoms with van der Waals surface area (Å²) < 4.78 is 0.751. The quantitative estimate of drug-likeness (QED) is 0.765. The Balaban J connectivity index is 1.60. The number of rotatable bonds is 2. The van der Waals surface area contributed by atoms with Crippen LogP contribution in [0.1, 0.15) is 11.1 Å². The van der Waals surface area contributed by atoms with Crippen LogP contribution >= 0.6 is 15.9 Å². The molecule has 6 heteroatoms. The molecule has 0 spiro atoms. The first-order valence-corrected chi connectivity index (χ1v) is 9.42. The van der Waals surface area contributed by atoms with Gasteiger partial charge in [-0.3, -0.25) is 9.59 Å². The van der Waals surface area contributed by atoms with Gasteiger partial charge >= 0.3 is 11.8 Å².